The maximum Gasteiger partial charge on any atom is 0.417 e. The fourth-order valence-corrected chi connectivity index (χ4v) is 3.07. The number of rotatable bonds is 0. The Morgan fingerprint density at radius 1 is 1.25 bits per heavy atom. The highest BCUT2D eigenvalue weighted by atomic mass is 32.2. The summed E-state index contributed by atoms with van der Waals surface area (Å²) in [5.41, 5.74) is 0.439. The minimum Gasteiger partial charge on any atom is -0.294 e. The number of ketones is 1. The number of carbonyl (C=O) groups excluding carboxylic acids is 1. The van der Waals surface area contributed by atoms with E-state index in [1.807, 2.05) is 0 Å². The van der Waals surface area contributed by atoms with Gasteiger partial charge in [0.25, 0.3) is 0 Å². The van der Waals surface area contributed by atoms with Gasteiger partial charge < -0.3 is 0 Å². The van der Waals surface area contributed by atoms with Gasteiger partial charge in [-0.3, -0.25) is 4.79 Å². The normalized spacial score (nSPS) is 17.9. The lowest BCUT2D eigenvalue weighted by Gasteiger charge is -2.16. The molecule has 0 fully saturated rings. The van der Waals surface area contributed by atoms with Crippen molar-refractivity contribution in [1.82, 2.24) is 0 Å². The predicted molar refractivity (Wildman–Crippen MR) is 71.5 cm³/mol. The summed E-state index contributed by atoms with van der Waals surface area (Å²) in [7, 11) is 0. The second-order valence-electron chi connectivity index (χ2n) is 4.37. The van der Waals surface area contributed by atoms with Gasteiger partial charge in [0.1, 0.15) is 0 Å². The van der Waals surface area contributed by atoms with Gasteiger partial charge in [0.15, 0.2) is 5.78 Å². The first kappa shape index (κ1) is 13.2. The minimum absolute atomic E-state index is 0.00935. The first-order valence-corrected chi connectivity index (χ1v) is 6.61. The second kappa shape index (κ2) is 4.63. The van der Waals surface area contributed by atoms with Crippen molar-refractivity contribution < 1.29 is 18.0 Å². The van der Waals surface area contributed by atoms with Crippen LogP contribution in [0, 0.1) is 0 Å². The summed E-state index contributed by atoms with van der Waals surface area (Å²) < 4.78 is 43.1. The van der Waals surface area contributed by atoms with Gasteiger partial charge in [0, 0.05) is 41.3 Å². The average Bonchev–Trinajstić information content (AvgIpc) is 2.57. The van der Waals surface area contributed by atoms with Crippen LogP contribution >= 0.6 is 11.9 Å². The summed E-state index contributed by atoms with van der Waals surface area (Å²) in [5, 5.41) is 0. The quantitative estimate of drug-likeness (QED) is 0.675. The molecular weight excluding hydrogens is 287 g/mol. The Balaban J connectivity index is 2.29. The molecule has 0 unspecified atom stereocenters. The van der Waals surface area contributed by atoms with Crippen molar-refractivity contribution >= 4 is 29.5 Å². The van der Waals surface area contributed by atoms with Crippen LogP contribution in [-0.2, 0) is 11.0 Å². The third-order valence-electron chi connectivity index (χ3n) is 3.09. The number of alkyl halides is 3. The Hall–Kier alpha value is -1.82. The Bertz CT molecular complexity index is 686. The molecule has 0 amide bonds. The van der Waals surface area contributed by atoms with Crippen LogP contribution in [0.1, 0.15) is 17.5 Å². The van der Waals surface area contributed by atoms with Crippen LogP contribution in [0.3, 0.4) is 0 Å². The fraction of sp³-hybridized carbons (Fsp3) is 0.143. The molecule has 1 aliphatic carbocycles. The highest BCUT2D eigenvalue weighted by molar-refractivity contribution is 7.98. The zero-order valence-corrected chi connectivity index (χ0v) is 10.9. The van der Waals surface area contributed by atoms with Crippen LogP contribution in [0.2, 0.25) is 0 Å². The minimum atomic E-state index is -4.47. The molecule has 0 radical (unpaired) electrons. The first-order chi connectivity index (χ1) is 9.48. The van der Waals surface area contributed by atoms with E-state index < -0.39 is 11.7 Å². The number of halogens is 3. The van der Waals surface area contributed by atoms with E-state index in [1.54, 1.807) is 18.2 Å². The van der Waals surface area contributed by atoms with Gasteiger partial charge in [-0.15, -0.1) is 0 Å². The molecule has 3 rings (SSSR count). The highest BCUT2D eigenvalue weighted by Gasteiger charge is 2.36. The molecule has 0 N–H and O–H groups in total. The first-order valence-electron chi connectivity index (χ1n) is 5.83. The van der Waals surface area contributed by atoms with Gasteiger partial charge in [0.2, 0.25) is 0 Å². The smallest absolute Gasteiger partial charge is 0.294 e. The summed E-state index contributed by atoms with van der Waals surface area (Å²) in [6.45, 7) is 0. The summed E-state index contributed by atoms with van der Waals surface area (Å²) in [4.78, 5) is 12.0. The van der Waals surface area contributed by atoms with E-state index in [0.29, 0.717) is 16.7 Å². The molecule has 1 aromatic rings. The molecule has 2 nitrogen and oxygen atoms in total. The third-order valence-corrected chi connectivity index (χ3v) is 3.93. The maximum absolute atomic E-state index is 13.0. The molecule has 0 spiro atoms. The van der Waals surface area contributed by atoms with E-state index in [1.165, 1.54) is 12.3 Å². The number of nitrogens with zero attached hydrogens (tertiary/aromatic N) is 1. The molecule has 20 heavy (non-hydrogen) atoms. The summed E-state index contributed by atoms with van der Waals surface area (Å²) in [5.74, 6) is -0.183. The average molecular weight is 295 g/mol. The molecule has 102 valence electrons. The summed E-state index contributed by atoms with van der Waals surface area (Å²) in [6, 6.07) is 3.87. The molecule has 2 aliphatic rings. The van der Waals surface area contributed by atoms with E-state index >= 15 is 0 Å². The van der Waals surface area contributed by atoms with Crippen molar-refractivity contribution in [2.45, 2.75) is 17.5 Å². The second-order valence-corrected chi connectivity index (χ2v) is 5.17. The lowest BCUT2D eigenvalue weighted by atomic mass is 9.90. The SMILES string of the molecule is O=C1CC=CC2=C1c1cccc(C(F)(F)F)c1SN=C2. The molecule has 6 heteroatoms. The number of carbonyl (C=O) groups is 1. The van der Waals surface area contributed by atoms with Crippen LogP contribution in [0.4, 0.5) is 13.2 Å². The number of Topliss-reactive ketones (excluding diaryl/α,β-unsaturated/α-hetero) is 1. The molecule has 0 bridgehead atoms. The third kappa shape index (κ3) is 2.10. The monoisotopic (exact) mass is 295 g/mol. The Morgan fingerprint density at radius 3 is 2.80 bits per heavy atom. The van der Waals surface area contributed by atoms with E-state index in [2.05, 4.69) is 4.40 Å². The van der Waals surface area contributed by atoms with Crippen LogP contribution in [0.25, 0.3) is 5.57 Å². The van der Waals surface area contributed by atoms with Crippen molar-refractivity contribution in [1.29, 1.82) is 0 Å². The van der Waals surface area contributed by atoms with Gasteiger partial charge in [-0.1, -0.05) is 24.3 Å². The van der Waals surface area contributed by atoms with Crippen molar-refractivity contribution in [3.05, 3.63) is 47.1 Å². The number of hydrogen-bond donors (Lipinski definition) is 0. The largest absolute Gasteiger partial charge is 0.417 e. The lowest BCUT2D eigenvalue weighted by Crippen LogP contribution is -2.11. The highest BCUT2D eigenvalue weighted by Crippen LogP contribution is 2.43. The van der Waals surface area contributed by atoms with Crippen molar-refractivity contribution in [2.24, 2.45) is 4.40 Å². The molecule has 1 heterocycles. The summed E-state index contributed by atoms with van der Waals surface area (Å²) in [6.07, 6.45) is 0.583. The number of allylic oxidation sites excluding steroid dienone is 4. The van der Waals surface area contributed by atoms with Gasteiger partial charge in [-0.25, -0.2) is 4.40 Å². The van der Waals surface area contributed by atoms with Gasteiger partial charge in [-0.2, -0.15) is 13.2 Å². The molecule has 0 saturated heterocycles. The van der Waals surface area contributed by atoms with Crippen molar-refractivity contribution in [2.75, 3.05) is 0 Å². The van der Waals surface area contributed by atoms with Crippen molar-refractivity contribution in [3.63, 3.8) is 0 Å². The molecule has 0 atom stereocenters. The molecule has 0 saturated carbocycles. The van der Waals surface area contributed by atoms with Crippen LogP contribution in [0.5, 0.6) is 0 Å². The van der Waals surface area contributed by atoms with E-state index in [0.717, 1.165) is 18.0 Å². The molecular formula is C14H8F3NOS. The Labute approximate surface area is 117 Å². The standard InChI is InChI=1S/C14H8F3NOS/c15-14(16,17)10-5-2-4-9-12-8(3-1-6-11(12)19)7-18-20-13(9)10/h1-5,7H,6H2. The molecule has 1 aromatic carbocycles. The van der Waals surface area contributed by atoms with Gasteiger partial charge in [-0.05, 0) is 6.07 Å². The predicted octanol–water partition coefficient (Wildman–Crippen LogP) is 4.08. The van der Waals surface area contributed by atoms with Crippen LogP contribution in [0.15, 0.2) is 45.2 Å². The summed E-state index contributed by atoms with van der Waals surface area (Å²) >= 11 is 0.753. The molecule has 1 aliphatic heterocycles. The van der Waals surface area contributed by atoms with Gasteiger partial charge in [0.05, 0.1) is 10.5 Å². The van der Waals surface area contributed by atoms with Crippen LogP contribution in [-0.4, -0.2) is 12.0 Å². The van der Waals surface area contributed by atoms with Crippen LogP contribution < -0.4 is 0 Å². The lowest BCUT2D eigenvalue weighted by molar-refractivity contribution is -0.139. The number of hydrogen-bond acceptors (Lipinski definition) is 3. The maximum atomic E-state index is 13.0. The Morgan fingerprint density at radius 2 is 2.05 bits per heavy atom. The fourth-order valence-electron chi connectivity index (χ4n) is 2.24. The van der Waals surface area contributed by atoms with E-state index in [9.17, 15) is 18.0 Å². The van der Waals surface area contributed by atoms with Gasteiger partial charge >= 0.3 is 6.18 Å². The zero-order chi connectivity index (χ0) is 14.3. The topological polar surface area (TPSA) is 29.4 Å². The number of fused-ring (bicyclic) bond motifs is 2. The van der Waals surface area contributed by atoms with Crippen molar-refractivity contribution in [3.8, 4) is 0 Å². The Kier molecular flexibility index (Phi) is 3.05. The van der Waals surface area contributed by atoms with E-state index in [4.69, 9.17) is 0 Å². The molecule has 0 aromatic heterocycles. The zero-order valence-electron chi connectivity index (χ0n) is 10.1. The van der Waals surface area contributed by atoms with E-state index in [-0.39, 0.29) is 17.1 Å². The number of benzene rings is 1.